The highest BCUT2D eigenvalue weighted by molar-refractivity contribution is 5.78. The molecule has 2 fully saturated rings. The minimum absolute atomic E-state index is 0.279. The van der Waals surface area contributed by atoms with Gasteiger partial charge in [0, 0.05) is 56.5 Å². The molecule has 1 atom stereocenters. The fraction of sp³-hybridized carbons (Fsp3) is 0.571. The molecule has 3 aromatic rings. The van der Waals surface area contributed by atoms with E-state index in [0.29, 0.717) is 19.0 Å². The van der Waals surface area contributed by atoms with Crippen molar-refractivity contribution in [3.8, 4) is 0 Å². The minimum atomic E-state index is 0.279. The van der Waals surface area contributed by atoms with Crippen molar-refractivity contribution in [3.05, 3.63) is 48.0 Å². The van der Waals surface area contributed by atoms with E-state index in [1.165, 1.54) is 19.3 Å². The molecule has 186 valence electrons. The first-order valence-electron chi connectivity index (χ1n) is 13.4. The van der Waals surface area contributed by atoms with Crippen LogP contribution < -0.4 is 4.90 Å². The summed E-state index contributed by atoms with van der Waals surface area (Å²) in [5.41, 5.74) is 3.12. The maximum atomic E-state index is 13.3. The van der Waals surface area contributed by atoms with Gasteiger partial charge in [-0.05, 0) is 57.7 Å². The molecule has 1 saturated heterocycles. The molecule has 2 aromatic heterocycles. The predicted molar refractivity (Wildman–Crippen MR) is 140 cm³/mol. The van der Waals surface area contributed by atoms with Gasteiger partial charge < -0.3 is 14.4 Å². The summed E-state index contributed by atoms with van der Waals surface area (Å²) in [6.07, 6.45) is 10.6. The van der Waals surface area contributed by atoms with Crippen LogP contribution in [0.3, 0.4) is 0 Å². The Labute approximate surface area is 208 Å². The quantitative estimate of drug-likeness (QED) is 0.477. The highest BCUT2D eigenvalue weighted by atomic mass is 16.2. The van der Waals surface area contributed by atoms with Gasteiger partial charge in [-0.3, -0.25) is 4.79 Å². The second-order valence-electron chi connectivity index (χ2n) is 10.1. The Morgan fingerprint density at radius 3 is 2.69 bits per heavy atom. The van der Waals surface area contributed by atoms with E-state index in [0.717, 1.165) is 73.8 Å². The number of hydrogen-bond acceptors (Lipinski definition) is 5. The number of carbonyl (C=O) groups is 1. The summed E-state index contributed by atoms with van der Waals surface area (Å²) in [5.74, 6) is 2.47. The molecule has 0 spiro atoms. The van der Waals surface area contributed by atoms with E-state index in [4.69, 9.17) is 4.98 Å². The van der Waals surface area contributed by atoms with Gasteiger partial charge in [0.25, 0.3) is 0 Å². The fourth-order valence-electron chi connectivity index (χ4n) is 5.98. The predicted octanol–water partition coefficient (Wildman–Crippen LogP) is 5.09. The second kappa shape index (κ2) is 10.8. The van der Waals surface area contributed by atoms with Crippen molar-refractivity contribution in [2.24, 2.45) is 0 Å². The SMILES string of the molecule is CCN(C(=O)CCn1c(C2CCCN(c3nccc(C)n3)C2)nc2ccccc21)C1CCCCC1. The first-order chi connectivity index (χ1) is 17.1. The van der Waals surface area contributed by atoms with Crippen LogP contribution in [0.15, 0.2) is 36.5 Å². The molecule has 3 heterocycles. The number of benzene rings is 1. The van der Waals surface area contributed by atoms with E-state index in [9.17, 15) is 4.79 Å². The Balaban J connectivity index is 1.37. The van der Waals surface area contributed by atoms with E-state index < -0.39 is 0 Å². The highest BCUT2D eigenvalue weighted by Crippen LogP contribution is 2.31. The highest BCUT2D eigenvalue weighted by Gasteiger charge is 2.29. The lowest BCUT2D eigenvalue weighted by molar-refractivity contribution is -0.134. The molecule has 1 aromatic carbocycles. The Morgan fingerprint density at radius 1 is 1.06 bits per heavy atom. The summed E-state index contributed by atoms with van der Waals surface area (Å²) in [7, 11) is 0. The first kappa shape index (κ1) is 23.8. The van der Waals surface area contributed by atoms with E-state index in [1.807, 2.05) is 25.3 Å². The Hall–Kier alpha value is -2.96. The van der Waals surface area contributed by atoms with Crippen molar-refractivity contribution < 1.29 is 4.79 Å². The van der Waals surface area contributed by atoms with Crippen LogP contribution >= 0.6 is 0 Å². The summed E-state index contributed by atoms with van der Waals surface area (Å²) < 4.78 is 2.31. The third-order valence-electron chi connectivity index (χ3n) is 7.76. The zero-order chi connectivity index (χ0) is 24.2. The number of aryl methyl sites for hydroxylation is 2. The number of anilines is 1. The molecule has 7 nitrogen and oxygen atoms in total. The van der Waals surface area contributed by atoms with Crippen molar-refractivity contribution in [1.29, 1.82) is 0 Å². The molecule has 0 bridgehead atoms. The fourth-order valence-corrected chi connectivity index (χ4v) is 5.98. The second-order valence-corrected chi connectivity index (χ2v) is 10.1. The summed E-state index contributed by atoms with van der Waals surface area (Å²) in [4.78, 5) is 32.0. The van der Waals surface area contributed by atoms with Crippen LogP contribution in [0.1, 0.15) is 75.7 Å². The molecule has 0 N–H and O–H groups in total. The average Bonchev–Trinajstić information content (AvgIpc) is 3.27. The number of aromatic nitrogens is 4. The van der Waals surface area contributed by atoms with Gasteiger partial charge in [-0.1, -0.05) is 31.4 Å². The van der Waals surface area contributed by atoms with E-state index in [1.54, 1.807) is 0 Å². The molecule has 1 unspecified atom stereocenters. The summed E-state index contributed by atoms with van der Waals surface area (Å²) >= 11 is 0. The maximum absolute atomic E-state index is 13.3. The molecular formula is C28H38N6O. The first-order valence-corrected chi connectivity index (χ1v) is 13.4. The number of carbonyl (C=O) groups excluding carboxylic acids is 1. The van der Waals surface area contributed by atoms with Gasteiger partial charge in [0.05, 0.1) is 11.0 Å². The average molecular weight is 475 g/mol. The number of piperidine rings is 1. The summed E-state index contributed by atoms with van der Waals surface area (Å²) in [6, 6.07) is 10.7. The smallest absolute Gasteiger partial charge is 0.225 e. The van der Waals surface area contributed by atoms with Crippen molar-refractivity contribution in [2.45, 2.75) is 83.7 Å². The standard InChI is InChI=1S/C28H38N6O/c1-3-33(23-11-5-4-6-12-23)26(35)16-19-34-25-14-8-7-13-24(25)31-27(34)22-10-9-18-32(20-22)28-29-17-15-21(2)30-28/h7-8,13-15,17,22-23H,3-6,9-12,16,18-20H2,1-2H3. The lowest BCUT2D eigenvalue weighted by atomic mass is 9.94. The lowest BCUT2D eigenvalue weighted by Gasteiger charge is -2.34. The Bertz CT molecular complexity index is 1150. The number of nitrogens with zero attached hydrogens (tertiary/aromatic N) is 6. The van der Waals surface area contributed by atoms with Crippen molar-refractivity contribution in [3.63, 3.8) is 0 Å². The number of amides is 1. The van der Waals surface area contributed by atoms with Crippen LogP contribution in [0.5, 0.6) is 0 Å². The van der Waals surface area contributed by atoms with Crippen LogP contribution in [0.4, 0.5) is 5.95 Å². The van der Waals surface area contributed by atoms with Crippen LogP contribution in [0.25, 0.3) is 11.0 Å². The third kappa shape index (κ3) is 5.19. The van der Waals surface area contributed by atoms with Gasteiger partial charge in [0.2, 0.25) is 11.9 Å². The lowest BCUT2D eigenvalue weighted by Crippen LogP contribution is -2.41. The topological polar surface area (TPSA) is 67.2 Å². The van der Waals surface area contributed by atoms with Crippen molar-refractivity contribution in [1.82, 2.24) is 24.4 Å². The molecule has 0 radical (unpaired) electrons. The van der Waals surface area contributed by atoms with Gasteiger partial charge >= 0.3 is 0 Å². The van der Waals surface area contributed by atoms with Crippen LogP contribution in [-0.2, 0) is 11.3 Å². The molecule has 35 heavy (non-hydrogen) atoms. The molecule has 1 aliphatic carbocycles. The van der Waals surface area contributed by atoms with Gasteiger partial charge in [-0.2, -0.15) is 0 Å². The monoisotopic (exact) mass is 474 g/mol. The molecule has 2 aliphatic rings. The van der Waals surface area contributed by atoms with Gasteiger partial charge in [-0.25, -0.2) is 15.0 Å². The molecule has 1 saturated carbocycles. The number of rotatable bonds is 7. The molecular weight excluding hydrogens is 436 g/mol. The van der Waals surface area contributed by atoms with Gasteiger partial charge in [0.1, 0.15) is 5.82 Å². The van der Waals surface area contributed by atoms with Crippen molar-refractivity contribution >= 4 is 22.9 Å². The normalized spacial score (nSPS) is 19.3. The molecule has 1 aliphatic heterocycles. The van der Waals surface area contributed by atoms with Crippen LogP contribution in [0.2, 0.25) is 0 Å². The number of para-hydroxylation sites is 2. The van der Waals surface area contributed by atoms with E-state index >= 15 is 0 Å². The van der Waals surface area contributed by atoms with Gasteiger partial charge in [0.15, 0.2) is 0 Å². The zero-order valence-electron chi connectivity index (χ0n) is 21.2. The number of hydrogen-bond donors (Lipinski definition) is 0. The van der Waals surface area contributed by atoms with E-state index in [-0.39, 0.29) is 11.8 Å². The minimum Gasteiger partial charge on any atom is -0.340 e. The number of imidazole rings is 1. The Kier molecular flexibility index (Phi) is 7.30. The maximum Gasteiger partial charge on any atom is 0.225 e. The molecule has 5 rings (SSSR count). The zero-order valence-corrected chi connectivity index (χ0v) is 21.2. The number of fused-ring (bicyclic) bond motifs is 1. The Morgan fingerprint density at radius 2 is 1.89 bits per heavy atom. The summed E-state index contributed by atoms with van der Waals surface area (Å²) in [5, 5.41) is 0. The summed E-state index contributed by atoms with van der Waals surface area (Å²) in [6.45, 7) is 7.42. The molecule has 7 heteroatoms. The molecule has 1 amide bonds. The third-order valence-corrected chi connectivity index (χ3v) is 7.76. The van der Waals surface area contributed by atoms with E-state index in [2.05, 4.69) is 49.5 Å². The van der Waals surface area contributed by atoms with Crippen molar-refractivity contribution in [2.75, 3.05) is 24.5 Å². The largest absolute Gasteiger partial charge is 0.340 e. The van der Waals surface area contributed by atoms with Crippen LogP contribution in [-0.4, -0.2) is 56.0 Å². The van der Waals surface area contributed by atoms with Gasteiger partial charge in [-0.15, -0.1) is 0 Å². The van der Waals surface area contributed by atoms with Crippen LogP contribution in [0, 0.1) is 6.92 Å².